The van der Waals surface area contributed by atoms with Crippen molar-refractivity contribution in [3.05, 3.63) is 64.6 Å². The van der Waals surface area contributed by atoms with Gasteiger partial charge in [-0.1, -0.05) is 58.0 Å². The highest BCUT2D eigenvalue weighted by Crippen LogP contribution is 2.36. The minimum atomic E-state index is -0.916. The van der Waals surface area contributed by atoms with Gasteiger partial charge in [-0.3, -0.25) is 10.2 Å². The summed E-state index contributed by atoms with van der Waals surface area (Å²) in [6, 6.07) is 17.3. The molecule has 0 saturated carbocycles. The van der Waals surface area contributed by atoms with E-state index in [2.05, 4.69) is 26.3 Å². The predicted octanol–water partition coefficient (Wildman–Crippen LogP) is 4.25. The Kier molecular flexibility index (Phi) is 4.46. The zero-order chi connectivity index (χ0) is 16.4. The fourth-order valence-corrected chi connectivity index (χ4v) is 3.28. The summed E-state index contributed by atoms with van der Waals surface area (Å²) in [4.78, 5) is 17.7. The van der Waals surface area contributed by atoms with E-state index < -0.39 is 5.54 Å². The number of anilines is 1. The summed E-state index contributed by atoms with van der Waals surface area (Å²) < 4.78 is 0.976. The first-order valence-corrected chi connectivity index (χ1v) is 9.12. The van der Waals surface area contributed by atoms with Crippen LogP contribution in [-0.2, 0) is 10.3 Å². The number of halogens is 1. The zero-order valence-electron chi connectivity index (χ0n) is 12.8. The molecule has 0 aromatic heterocycles. The van der Waals surface area contributed by atoms with Gasteiger partial charge < -0.3 is 0 Å². The quantitative estimate of drug-likeness (QED) is 0.852. The van der Waals surface area contributed by atoms with Gasteiger partial charge in [-0.2, -0.15) is 5.01 Å². The van der Waals surface area contributed by atoms with Crippen molar-refractivity contribution in [1.29, 1.82) is 0 Å². The minimum Gasteiger partial charge on any atom is -0.289 e. The monoisotopic (exact) mass is 389 g/mol. The van der Waals surface area contributed by atoms with Crippen LogP contribution in [0.4, 0.5) is 5.69 Å². The molecular formula is C17H16BrN3OS. The Bertz CT molecular complexity index is 748. The van der Waals surface area contributed by atoms with Crippen molar-refractivity contribution in [3.8, 4) is 0 Å². The molecule has 0 spiro atoms. The van der Waals surface area contributed by atoms with Crippen LogP contribution in [0.15, 0.2) is 64.1 Å². The molecule has 1 heterocycles. The molecule has 1 amide bonds. The summed E-state index contributed by atoms with van der Waals surface area (Å²) in [6.45, 7) is 1.85. The van der Waals surface area contributed by atoms with Crippen molar-refractivity contribution in [2.45, 2.75) is 12.5 Å². The lowest BCUT2D eigenvalue weighted by molar-refractivity contribution is -0.129. The summed E-state index contributed by atoms with van der Waals surface area (Å²) in [6.07, 6.45) is 1.92. The van der Waals surface area contributed by atoms with Crippen LogP contribution < -0.4 is 5.43 Å². The van der Waals surface area contributed by atoms with Crippen LogP contribution in [0.2, 0.25) is 0 Å². The number of thioether (sulfide) groups is 1. The number of nitrogens with one attached hydrogen (secondary N) is 1. The van der Waals surface area contributed by atoms with Gasteiger partial charge in [0.05, 0.1) is 5.69 Å². The lowest BCUT2D eigenvalue weighted by Gasteiger charge is -2.24. The lowest BCUT2D eigenvalue weighted by atomic mass is 9.92. The van der Waals surface area contributed by atoms with Crippen LogP contribution in [0.3, 0.4) is 0 Å². The second kappa shape index (κ2) is 6.37. The fraction of sp³-hybridized carbons (Fsp3) is 0.176. The Balaban J connectivity index is 1.94. The van der Waals surface area contributed by atoms with E-state index in [-0.39, 0.29) is 5.91 Å². The molecule has 2 aromatic carbocycles. The van der Waals surface area contributed by atoms with Gasteiger partial charge in [0.15, 0.2) is 10.7 Å². The maximum Gasteiger partial charge on any atom is 0.279 e. The van der Waals surface area contributed by atoms with Crippen LogP contribution in [0, 0.1) is 0 Å². The van der Waals surface area contributed by atoms with E-state index in [0.717, 1.165) is 15.7 Å². The maximum atomic E-state index is 13.0. The highest BCUT2D eigenvalue weighted by atomic mass is 79.9. The van der Waals surface area contributed by atoms with Crippen LogP contribution in [-0.4, -0.2) is 22.3 Å². The van der Waals surface area contributed by atoms with E-state index in [9.17, 15) is 4.79 Å². The molecule has 0 aliphatic carbocycles. The molecule has 118 valence electrons. The van der Waals surface area contributed by atoms with Crippen LogP contribution in [0.1, 0.15) is 12.5 Å². The molecule has 0 radical (unpaired) electrons. The van der Waals surface area contributed by atoms with Gasteiger partial charge in [-0.15, -0.1) is 0 Å². The third-order valence-corrected chi connectivity index (χ3v) is 4.90. The second-order valence-electron chi connectivity index (χ2n) is 5.30. The van der Waals surface area contributed by atoms with Crippen LogP contribution in [0.25, 0.3) is 0 Å². The standard InChI is InChI=1S/C17H16BrN3OS/c1-17(12-8-10-13(18)11-9-12)15(22)21(16(19-17)23-2)20-14-6-4-3-5-7-14/h3-11,20H,1-2H3. The number of amidine groups is 1. The summed E-state index contributed by atoms with van der Waals surface area (Å²) in [5, 5.41) is 2.19. The SMILES string of the molecule is CSC1=NC(C)(c2ccc(Br)cc2)C(=O)N1Nc1ccccc1. The number of aliphatic imine (C=N–C) groups is 1. The number of para-hydroxylation sites is 1. The number of hydrogen-bond donors (Lipinski definition) is 1. The number of carbonyl (C=O) groups is 1. The van der Waals surface area contributed by atoms with E-state index in [1.54, 1.807) is 0 Å². The van der Waals surface area contributed by atoms with Crippen LogP contribution in [0.5, 0.6) is 0 Å². The number of nitrogens with zero attached hydrogens (tertiary/aromatic N) is 2. The second-order valence-corrected chi connectivity index (χ2v) is 6.99. The molecular weight excluding hydrogens is 374 g/mol. The van der Waals surface area contributed by atoms with Crippen molar-refractivity contribution in [2.24, 2.45) is 4.99 Å². The Labute approximate surface area is 148 Å². The molecule has 1 aliphatic rings. The highest BCUT2D eigenvalue weighted by Gasteiger charge is 2.46. The molecule has 23 heavy (non-hydrogen) atoms. The first-order chi connectivity index (χ1) is 11.0. The van der Waals surface area contributed by atoms with E-state index in [1.165, 1.54) is 16.8 Å². The van der Waals surface area contributed by atoms with Crippen molar-refractivity contribution >= 4 is 44.5 Å². The topological polar surface area (TPSA) is 44.7 Å². The molecule has 1 unspecified atom stereocenters. The largest absolute Gasteiger partial charge is 0.289 e. The number of amides is 1. The van der Waals surface area contributed by atoms with Gasteiger partial charge in [0, 0.05) is 4.47 Å². The highest BCUT2D eigenvalue weighted by molar-refractivity contribution is 9.10. The summed E-state index contributed by atoms with van der Waals surface area (Å²) >= 11 is 4.87. The van der Waals surface area contributed by atoms with E-state index in [0.29, 0.717) is 5.17 Å². The Morgan fingerprint density at radius 1 is 1.13 bits per heavy atom. The molecule has 1 atom stereocenters. The van der Waals surface area contributed by atoms with Crippen molar-refractivity contribution < 1.29 is 4.79 Å². The predicted molar refractivity (Wildman–Crippen MR) is 99.4 cm³/mol. The van der Waals surface area contributed by atoms with Gasteiger partial charge in [0.25, 0.3) is 5.91 Å². The van der Waals surface area contributed by atoms with Crippen molar-refractivity contribution in [2.75, 3.05) is 11.7 Å². The number of hydrazine groups is 1. The molecule has 3 rings (SSSR count). The molecule has 6 heteroatoms. The van der Waals surface area contributed by atoms with Gasteiger partial charge >= 0.3 is 0 Å². The first kappa shape index (κ1) is 16.1. The number of carbonyl (C=O) groups excluding carboxylic acids is 1. The minimum absolute atomic E-state index is 0.0898. The third-order valence-electron chi connectivity index (χ3n) is 3.73. The Hall–Kier alpha value is -1.79. The first-order valence-electron chi connectivity index (χ1n) is 7.11. The normalized spacial score (nSPS) is 20.6. The van der Waals surface area contributed by atoms with E-state index >= 15 is 0 Å². The van der Waals surface area contributed by atoms with Gasteiger partial charge in [0.2, 0.25) is 0 Å². The molecule has 4 nitrogen and oxygen atoms in total. The summed E-state index contributed by atoms with van der Waals surface area (Å²) in [7, 11) is 0. The Morgan fingerprint density at radius 2 is 1.78 bits per heavy atom. The molecule has 0 saturated heterocycles. The van der Waals surface area contributed by atoms with E-state index in [4.69, 9.17) is 0 Å². The molecule has 1 N–H and O–H groups in total. The maximum absolute atomic E-state index is 13.0. The average Bonchev–Trinajstić information content (AvgIpc) is 2.82. The molecule has 0 fully saturated rings. The third kappa shape index (κ3) is 3.01. The summed E-state index contributed by atoms with van der Waals surface area (Å²) in [5.41, 5.74) is 3.95. The number of rotatable bonds is 3. The Morgan fingerprint density at radius 3 is 2.39 bits per heavy atom. The summed E-state index contributed by atoms with van der Waals surface area (Å²) in [5.74, 6) is -0.0898. The van der Waals surface area contributed by atoms with Crippen molar-refractivity contribution in [1.82, 2.24) is 5.01 Å². The fourth-order valence-electron chi connectivity index (χ4n) is 2.43. The molecule has 0 bridgehead atoms. The van der Waals surface area contributed by atoms with Gasteiger partial charge in [-0.05, 0) is 43.0 Å². The van der Waals surface area contributed by atoms with Gasteiger partial charge in [0.1, 0.15) is 0 Å². The average molecular weight is 390 g/mol. The smallest absolute Gasteiger partial charge is 0.279 e. The molecule has 2 aromatic rings. The van der Waals surface area contributed by atoms with Crippen molar-refractivity contribution in [3.63, 3.8) is 0 Å². The zero-order valence-corrected chi connectivity index (χ0v) is 15.2. The lowest BCUT2D eigenvalue weighted by Crippen LogP contribution is -2.42. The number of hydrogen-bond acceptors (Lipinski definition) is 4. The number of benzene rings is 2. The van der Waals surface area contributed by atoms with Gasteiger partial charge in [-0.25, -0.2) is 4.99 Å². The molecule has 1 aliphatic heterocycles. The van der Waals surface area contributed by atoms with Crippen LogP contribution >= 0.6 is 27.7 Å². The van der Waals surface area contributed by atoms with E-state index in [1.807, 2.05) is 67.8 Å².